The molecule has 0 aliphatic carbocycles. The zero-order chi connectivity index (χ0) is 10.5. The molecule has 0 rings (SSSR count). The van der Waals surface area contributed by atoms with Crippen LogP contribution in [0.25, 0.3) is 0 Å². The molecule has 0 aromatic carbocycles. The largest absolute Gasteiger partial charge is 0.353 e. The molecule has 0 fully saturated rings. The van der Waals surface area contributed by atoms with Gasteiger partial charge in [0.15, 0.2) is 0 Å². The highest BCUT2D eigenvalue weighted by molar-refractivity contribution is 7.90. The van der Waals surface area contributed by atoms with Crippen molar-refractivity contribution in [2.45, 2.75) is 32.7 Å². The summed E-state index contributed by atoms with van der Waals surface area (Å²) in [5.41, 5.74) is 0. The summed E-state index contributed by atoms with van der Waals surface area (Å²) in [6.45, 7) is 3.59. The second-order valence-electron chi connectivity index (χ2n) is 3.31. The molecule has 0 heterocycles. The van der Waals surface area contributed by atoms with Gasteiger partial charge in [0, 0.05) is 18.7 Å². The third-order valence-electron chi connectivity index (χ3n) is 1.44. The standard InChI is InChI=1S/C8H17NO3S/c1-4-5-8(10)9-7(2)6-13(3,11)12/h7H,4-6H2,1-3H3,(H,9,10). The Kier molecular flexibility index (Phi) is 4.98. The van der Waals surface area contributed by atoms with E-state index in [0.29, 0.717) is 6.42 Å². The molecule has 1 amide bonds. The quantitative estimate of drug-likeness (QED) is 0.707. The van der Waals surface area contributed by atoms with Crippen LogP contribution in [-0.2, 0) is 14.6 Å². The van der Waals surface area contributed by atoms with Gasteiger partial charge in [0.1, 0.15) is 9.84 Å². The van der Waals surface area contributed by atoms with E-state index in [2.05, 4.69) is 5.32 Å². The minimum Gasteiger partial charge on any atom is -0.353 e. The number of hydrogen-bond donors (Lipinski definition) is 1. The zero-order valence-electron chi connectivity index (χ0n) is 8.33. The van der Waals surface area contributed by atoms with Gasteiger partial charge in [-0.25, -0.2) is 8.42 Å². The van der Waals surface area contributed by atoms with Crippen LogP contribution >= 0.6 is 0 Å². The van der Waals surface area contributed by atoms with Gasteiger partial charge in [-0.3, -0.25) is 4.79 Å². The third-order valence-corrected chi connectivity index (χ3v) is 2.54. The van der Waals surface area contributed by atoms with Crippen LogP contribution < -0.4 is 5.32 Å². The van der Waals surface area contributed by atoms with Crippen molar-refractivity contribution in [2.24, 2.45) is 0 Å². The summed E-state index contributed by atoms with van der Waals surface area (Å²) in [6.07, 6.45) is 2.39. The van der Waals surface area contributed by atoms with Gasteiger partial charge in [-0.05, 0) is 13.3 Å². The first kappa shape index (κ1) is 12.4. The Morgan fingerprint density at radius 3 is 2.38 bits per heavy atom. The lowest BCUT2D eigenvalue weighted by atomic mass is 10.3. The van der Waals surface area contributed by atoms with E-state index in [-0.39, 0.29) is 17.7 Å². The van der Waals surface area contributed by atoms with Gasteiger partial charge < -0.3 is 5.32 Å². The van der Waals surface area contributed by atoms with Gasteiger partial charge in [0.2, 0.25) is 5.91 Å². The molecular weight excluding hydrogens is 190 g/mol. The maximum Gasteiger partial charge on any atom is 0.220 e. The fourth-order valence-electron chi connectivity index (χ4n) is 1.07. The van der Waals surface area contributed by atoms with Crippen LogP contribution in [0.2, 0.25) is 0 Å². The highest BCUT2D eigenvalue weighted by Crippen LogP contribution is 1.92. The number of sulfone groups is 1. The molecule has 0 bridgehead atoms. The molecule has 0 aromatic heterocycles. The topological polar surface area (TPSA) is 63.2 Å². The van der Waals surface area contributed by atoms with Crippen LogP contribution in [0.3, 0.4) is 0 Å². The molecule has 13 heavy (non-hydrogen) atoms. The molecule has 1 N–H and O–H groups in total. The smallest absolute Gasteiger partial charge is 0.220 e. The van der Waals surface area contributed by atoms with E-state index >= 15 is 0 Å². The van der Waals surface area contributed by atoms with Crippen LogP contribution in [0.1, 0.15) is 26.7 Å². The van der Waals surface area contributed by atoms with E-state index < -0.39 is 9.84 Å². The first-order valence-corrected chi connectivity index (χ1v) is 6.38. The van der Waals surface area contributed by atoms with Gasteiger partial charge >= 0.3 is 0 Å². The monoisotopic (exact) mass is 207 g/mol. The molecule has 0 saturated carbocycles. The fourth-order valence-corrected chi connectivity index (χ4v) is 2.06. The Morgan fingerprint density at radius 2 is 2.00 bits per heavy atom. The lowest BCUT2D eigenvalue weighted by Gasteiger charge is -2.11. The Balaban J connectivity index is 3.88. The summed E-state index contributed by atoms with van der Waals surface area (Å²) in [5, 5.41) is 2.62. The molecule has 0 spiro atoms. The summed E-state index contributed by atoms with van der Waals surface area (Å²) in [6, 6.07) is -0.297. The Labute approximate surface area is 79.6 Å². The van der Waals surface area contributed by atoms with Crippen molar-refractivity contribution in [1.29, 1.82) is 0 Å². The summed E-state index contributed by atoms with van der Waals surface area (Å²) in [7, 11) is -3.00. The number of carbonyl (C=O) groups is 1. The molecule has 1 atom stereocenters. The maximum atomic E-state index is 11.0. The van der Waals surface area contributed by atoms with Crippen LogP contribution in [0, 0.1) is 0 Å². The summed E-state index contributed by atoms with van der Waals surface area (Å²) >= 11 is 0. The first-order valence-electron chi connectivity index (χ1n) is 4.32. The van der Waals surface area contributed by atoms with Crippen molar-refractivity contribution in [1.82, 2.24) is 5.32 Å². The Morgan fingerprint density at radius 1 is 1.46 bits per heavy atom. The molecule has 0 aliphatic rings. The van der Waals surface area contributed by atoms with E-state index in [1.807, 2.05) is 6.92 Å². The number of carbonyl (C=O) groups excluding carboxylic acids is 1. The lowest BCUT2D eigenvalue weighted by Crippen LogP contribution is -2.37. The summed E-state index contributed by atoms with van der Waals surface area (Å²) in [5.74, 6) is -0.0821. The van der Waals surface area contributed by atoms with Crippen molar-refractivity contribution >= 4 is 15.7 Å². The van der Waals surface area contributed by atoms with Crippen molar-refractivity contribution in [2.75, 3.05) is 12.0 Å². The maximum absolute atomic E-state index is 11.0. The van der Waals surface area contributed by atoms with E-state index in [4.69, 9.17) is 0 Å². The van der Waals surface area contributed by atoms with Gasteiger partial charge in [-0.2, -0.15) is 0 Å². The minimum absolute atomic E-state index is 0.00243. The lowest BCUT2D eigenvalue weighted by molar-refractivity contribution is -0.121. The predicted molar refractivity (Wildman–Crippen MR) is 52.2 cm³/mol. The minimum atomic E-state index is -3.00. The fraction of sp³-hybridized carbons (Fsp3) is 0.875. The average Bonchev–Trinajstić information content (AvgIpc) is 1.81. The van der Waals surface area contributed by atoms with Crippen molar-refractivity contribution in [3.05, 3.63) is 0 Å². The van der Waals surface area contributed by atoms with Crippen molar-refractivity contribution in [3.8, 4) is 0 Å². The SMILES string of the molecule is CCCC(=O)NC(C)CS(C)(=O)=O. The van der Waals surface area contributed by atoms with E-state index in [9.17, 15) is 13.2 Å². The van der Waals surface area contributed by atoms with E-state index in [0.717, 1.165) is 12.7 Å². The second kappa shape index (κ2) is 5.21. The molecular formula is C8H17NO3S. The van der Waals surface area contributed by atoms with Gasteiger partial charge in [0.25, 0.3) is 0 Å². The van der Waals surface area contributed by atoms with Crippen LogP contribution in [0.5, 0.6) is 0 Å². The highest BCUT2D eigenvalue weighted by atomic mass is 32.2. The number of hydrogen-bond acceptors (Lipinski definition) is 3. The molecule has 0 saturated heterocycles. The van der Waals surface area contributed by atoms with Gasteiger partial charge in [0.05, 0.1) is 5.75 Å². The molecule has 0 aromatic rings. The number of amides is 1. The van der Waals surface area contributed by atoms with Gasteiger partial charge in [-0.15, -0.1) is 0 Å². The Bertz CT molecular complexity index is 259. The Hall–Kier alpha value is -0.580. The van der Waals surface area contributed by atoms with Crippen LogP contribution in [0.15, 0.2) is 0 Å². The molecule has 0 aliphatic heterocycles. The van der Waals surface area contributed by atoms with Gasteiger partial charge in [-0.1, -0.05) is 6.92 Å². The second-order valence-corrected chi connectivity index (χ2v) is 5.50. The van der Waals surface area contributed by atoms with Crippen molar-refractivity contribution < 1.29 is 13.2 Å². The summed E-state index contributed by atoms with van der Waals surface area (Å²) < 4.78 is 21.7. The zero-order valence-corrected chi connectivity index (χ0v) is 9.15. The molecule has 1 unspecified atom stereocenters. The average molecular weight is 207 g/mol. The van der Waals surface area contributed by atoms with Crippen LogP contribution in [0.4, 0.5) is 0 Å². The predicted octanol–water partition coefficient (Wildman–Crippen LogP) is 0.336. The van der Waals surface area contributed by atoms with Crippen LogP contribution in [-0.4, -0.2) is 32.4 Å². The molecule has 5 heteroatoms. The normalized spacial score (nSPS) is 13.8. The third kappa shape index (κ3) is 7.77. The highest BCUT2D eigenvalue weighted by Gasteiger charge is 2.11. The molecule has 0 radical (unpaired) electrons. The first-order chi connectivity index (χ1) is 5.85. The van der Waals surface area contributed by atoms with E-state index in [1.165, 1.54) is 0 Å². The number of rotatable bonds is 5. The summed E-state index contributed by atoms with van der Waals surface area (Å²) in [4.78, 5) is 11.0. The van der Waals surface area contributed by atoms with E-state index in [1.54, 1.807) is 6.92 Å². The van der Waals surface area contributed by atoms with Crippen molar-refractivity contribution in [3.63, 3.8) is 0 Å². The molecule has 4 nitrogen and oxygen atoms in total. The number of nitrogens with one attached hydrogen (secondary N) is 1. The molecule has 78 valence electrons.